The van der Waals surface area contributed by atoms with Gasteiger partial charge >= 0.3 is 0 Å². The summed E-state index contributed by atoms with van der Waals surface area (Å²) in [7, 11) is -3.50. The lowest BCUT2D eigenvalue weighted by Gasteiger charge is -2.10. The number of nitrogens with zero attached hydrogens (tertiary/aromatic N) is 5. The molecule has 1 saturated heterocycles. The fraction of sp³-hybridized carbons (Fsp3) is 0.280. The van der Waals surface area contributed by atoms with Crippen molar-refractivity contribution in [2.75, 3.05) is 25.5 Å². The molecule has 0 aliphatic carbocycles. The molecule has 1 unspecified atom stereocenters. The maximum absolute atomic E-state index is 14.7. The van der Waals surface area contributed by atoms with Crippen LogP contribution in [0.1, 0.15) is 18.9 Å². The number of sulfone groups is 1. The van der Waals surface area contributed by atoms with E-state index in [2.05, 4.69) is 20.2 Å². The van der Waals surface area contributed by atoms with Gasteiger partial charge in [-0.15, -0.1) is 19.8 Å². The summed E-state index contributed by atoms with van der Waals surface area (Å²) in [6, 6.07) is 10.5. The molecule has 1 aliphatic heterocycles. The van der Waals surface area contributed by atoms with Gasteiger partial charge in [0.15, 0.2) is 21.3 Å². The van der Waals surface area contributed by atoms with Gasteiger partial charge in [0.2, 0.25) is 0 Å². The monoisotopic (exact) mass is 542 g/mol. The largest absolute Gasteiger partial charge is 0.414 e. The summed E-state index contributed by atoms with van der Waals surface area (Å²) in [5.41, 5.74) is 7.57. The molecule has 5 rings (SSSR count). The van der Waals surface area contributed by atoms with Crippen molar-refractivity contribution in [2.24, 2.45) is 0 Å². The number of nitrogens with two attached hydrogens (primary N) is 1. The number of hydrogen-bond acceptors (Lipinski definition) is 10. The van der Waals surface area contributed by atoms with Gasteiger partial charge < -0.3 is 14.9 Å². The van der Waals surface area contributed by atoms with Crippen molar-refractivity contribution in [1.29, 1.82) is 0 Å². The van der Waals surface area contributed by atoms with Crippen molar-refractivity contribution in [3.63, 3.8) is 0 Å². The van der Waals surface area contributed by atoms with E-state index in [1.165, 1.54) is 30.5 Å². The third-order valence-corrected chi connectivity index (χ3v) is 8.37. The van der Waals surface area contributed by atoms with Gasteiger partial charge in [0.25, 0.3) is 11.8 Å². The summed E-state index contributed by atoms with van der Waals surface area (Å²) >= 11 is 0. The van der Waals surface area contributed by atoms with Gasteiger partial charge in [0.1, 0.15) is 5.82 Å². The molecule has 0 amide bonds. The molecule has 10 nitrogen and oxygen atoms in total. The van der Waals surface area contributed by atoms with E-state index >= 15 is 0 Å². The van der Waals surface area contributed by atoms with E-state index in [4.69, 9.17) is 14.9 Å². The first-order valence-electron chi connectivity index (χ1n) is 11.8. The Bertz CT molecular complexity index is 1560. The van der Waals surface area contributed by atoms with Crippen LogP contribution in [-0.4, -0.2) is 58.7 Å². The molecule has 198 valence electrons. The van der Waals surface area contributed by atoms with Gasteiger partial charge in [-0.05, 0) is 43.2 Å². The zero-order valence-corrected chi connectivity index (χ0v) is 21.2. The molecule has 0 radical (unpaired) electrons. The molecule has 0 saturated carbocycles. The van der Waals surface area contributed by atoms with Gasteiger partial charge in [-0.1, -0.05) is 18.2 Å². The van der Waals surface area contributed by atoms with Crippen LogP contribution in [0.4, 0.5) is 14.7 Å². The second kappa shape index (κ2) is 10.5. The van der Waals surface area contributed by atoms with Crippen LogP contribution in [-0.2, 0) is 21.1 Å². The highest BCUT2D eigenvalue weighted by Gasteiger charge is 2.31. The van der Waals surface area contributed by atoms with Crippen molar-refractivity contribution >= 4 is 15.7 Å². The number of benzene rings is 2. The Hall–Kier alpha value is -3.81. The summed E-state index contributed by atoms with van der Waals surface area (Å²) in [5.74, 6) is -0.803. The lowest BCUT2D eigenvalue weighted by Crippen LogP contribution is -2.21. The molecule has 0 spiro atoms. The van der Waals surface area contributed by atoms with Crippen molar-refractivity contribution < 1.29 is 26.4 Å². The molecule has 1 fully saturated rings. The first kappa shape index (κ1) is 25.8. The molecule has 2 aromatic heterocycles. The topological polar surface area (TPSA) is 137 Å². The molecule has 1 atom stereocenters. The second-order valence-corrected chi connectivity index (χ2v) is 10.9. The minimum atomic E-state index is -3.50. The highest BCUT2D eigenvalue weighted by Crippen LogP contribution is 2.30. The van der Waals surface area contributed by atoms with Crippen LogP contribution < -0.4 is 5.73 Å². The molecule has 38 heavy (non-hydrogen) atoms. The average Bonchev–Trinajstić information content (AvgIpc) is 3.63. The van der Waals surface area contributed by atoms with E-state index in [0.29, 0.717) is 35.0 Å². The zero-order chi connectivity index (χ0) is 26.9. The standard InChI is InChI=1S/C25H24F2N6O4S/c1-2-33(27)13-15-3-8-19(20(26)11-15)24-31-32-25(37-24)22-23(28)29-12-21(30-22)16-4-6-17(7-5-16)38(34,35)18-9-10-36-14-18/h3-8,11-12,18H,2,9-10,13-14H2,1H3,(H2,28,29). The summed E-state index contributed by atoms with van der Waals surface area (Å²) in [4.78, 5) is 8.82. The van der Waals surface area contributed by atoms with Crippen LogP contribution in [0, 0.1) is 5.82 Å². The van der Waals surface area contributed by atoms with Crippen molar-refractivity contribution in [3.05, 3.63) is 60.0 Å². The second-order valence-electron chi connectivity index (χ2n) is 8.71. The Labute approximate surface area is 217 Å². The number of hydrogen-bond donors (Lipinski definition) is 1. The third-order valence-electron chi connectivity index (χ3n) is 6.19. The van der Waals surface area contributed by atoms with Gasteiger partial charge in [-0.3, -0.25) is 0 Å². The van der Waals surface area contributed by atoms with Gasteiger partial charge in [0, 0.05) is 18.7 Å². The van der Waals surface area contributed by atoms with Gasteiger partial charge in [-0.2, -0.15) is 0 Å². The fourth-order valence-corrected chi connectivity index (χ4v) is 5.61. The number of halogens is 2. The Kier molecular flexibility index (Phi) is 7.15. The SMILES string of the molecule is CCN(F)Cc1ccc(-c2nnc(-c3nc(-c4ccc(S(=O)(=O)C5CCOC5)cc4)cnc3N)o2)c(F)c1. The molecule has 3 heterocycles. The number of anilines is 1. The van der Waals surface area contributed by atoms with Crippen molar-refractivity contribution in [1.82, 2.24) is 25.3 Å². The quantitative estimate of drug-likeness (QED) is 0.327. The van der Waals surface area contributed by atoms with Crippen molar-refractivity contribution in [2.45, 2.75) is 30.0 Å². The highest BCUT2D eigenvalue weighted by atomic mass is 32.2. The van der Waals surface area contributed by atoms with E-state index in [-0.39, 0.29) is 53.4 Å². The molecular weight excluding hydrogens is 518 g/mol. The van der Waals surface area contributed by atoms with Crippen LogP contribution >= 0.6 is 0 Å². The van der Waals surface area contributed by atoms with Crippen LogP contribution in [0.3, 0.4) is 0 Å². The Morgan fingerprint density at radius 3 is 2.58 bits per heavy atom. The van der Waals surface area contributed by atoms with Crippen LogP contribution in [0.5, 0.6) is 0 Å². The van der Waals surface area contributed by atoms with Gasteiger partial charge in [0.05, 0.1) is 40.8 Å². The first-order chi connectivity index (χ1) is 18.3. The van der Waals surface area contributed by atoms with Crippen LogP contribution in [0.25, 0.3) is 34.3 Å². The van der Waals surface area contributed by atoms with E-state index in [0.717, 1.165) is 0 Å². The predicted octanol–water partition coefficient (Wildman–Crippen LogP) is 3.85. The minimum Gasteiger partial charge on any atom is -0.414 e. The minimum absolute atomic E-state index is 0.0165. The van der Waals surface area contributed by atoms with E-state index in [1.807, 2.05) is 0 Å². The number of nitrogen functional groups attached to an aromatic ring is 1. The number of ether oxygens (including phenoxy) is 1. The number of aromatic nitrogens is 4. The normalized spacial score (nSPS) is 15.8. The third kappa shape index (κ3) is 5.12. The Balaban J connectivity index is 1.40. The summed E-state index contributed by atoms with van der Waals surface area (Å²) in [5, 5.41) is 7.86. The van der Waals surface area contributed by atoms with E-state index < -0.39 is 20.9 Å². The first-order valence-corrected chi connectivity index (χ1v) is 13.4. The lowest BCUT2D eigenvalue weighted by molar-refractivity contribution is 0.0224. The summed E-state index contributed by atoms with van der Waals surface area (Å²) in [6.45, 7) is 2.39. The zero-order valence-electron chi connectivity index (χ0n) is 20.3. The van der Waals surface area contributed by atoms with Crippen molar-refractivity contribution in [3.8, 4) is 34.3 Å². The van der Waals surface area contributed by atoms with Gasteiger partial charge in [-0.25, -0.2) is 22.8 Å². The highest BCUT2D eigenvalue weighted by molar-refractivity contribution is 7.92. The Morgan fingerprint density at radius 1 is 1.13 bits per heavy atom. The fourth-order valence-electron chi connectivity index (χ4n) is 4.03. The predicted molar refractivity (Wildman–Crippen MR) is 134 cm³/mol. The maximum Gasteiger partial charge on any atom is 0.270 e. The average molecular weight is 543 g/mol. The molecule has 2 N–H and O–H groups in total. The van der Waals surface area contributed by atoms with E-state index in [9.17, 15) is 17.3 Å². The Morgan fingerprint density at radius 2 is 1.89 bits per heavy atom. The number of rotatable bonds is 8. The molecule has 2 aromatic carbocycles. The van der Waals surface area contributed by atoms with Crippen LogP contribution in [0.15, 0.2) is 58.0 Å². The molecule has 1 aliphatic rings. The molecule has 13 heteroatoms. The maximum atomic E-state index is 14.7. The molecular formula is C25H24F2N6O4S. The van der Waals surface area contributed by atoms with E-state index in [1.54, 1.807) is 25.1 Å². The summed E-state index contributed by atoms with van der Waals surface area (Å²) in [6.07, 6.45) is 1.90. The summed E-state index contributed by atoms with van der Waals surface area (Å²) < 4.78 is 64.7. The van der Waals surface area contributed by atoms with Crippen LogP contribution in [0.2, 0.25) is 0 Å². The smallest absolute Gasteiger partial charge is 0.270 e. The molecule has 0 bridgehead atoms. The molecule has 4 aromatic rings. The lowest BCUT2D eigenvalue weighted by atomic mass is 10.1.